The van der Waals surface area contributed by atoms with Crippen molar-refractivity contribution in [3.8, 4) is 0 Å². The molecule has 0 saturated heterocycles. The summed E-state index contributed by atoms with van der Waals surface area (Å²) in [6.07, 6.45) is 0. The molecule has 0 aliphatic carbocycles. The molecule has 0 aromatic heterocycles. The van der Waals surface area contributed by atoms with E-state index in [2.05, 4.69) is 119 Å². The maximum atomic E-state index is 2.33. The molecule has 0 unspecified atom stereocenters. The topological polar surface area (TPSA) is 3.24 Å². The molecule has 0 N–H and O–H groups in total. The van der Waals surface area contributed by atoms with Crippen molar-refractivity contribution in [2.24, 2.45) is 0 Å². The Balaban J connectivity index is 0.00000145. The summed E-state index contributed by atoms with van der Waals surface area (Å²) in [5.74, 6) is 0.540. The van der Waals surface area contributed by atoms with Crippen LogP contribution in [0.5, 0.6) is 0 Å². The number of benzene rings is 3. The molecule has 1 nitrogen and oxygen atoms in total. The lowest BCUT2D eigenvalue weighted by Crippen LogP contribution is -2.13. The quantitative estimate of drug-likeness (QED) is 0.432. The zero-order valence-electron chi connectivity index (χ0n) is 19.5. The monoisotopic (exact) mass is 387 g/mol. The minimum atomic E-state index is 0.159. The largest absolute Gasteiger partial charge is 0.311 e. The lowest BCUT2D eigenvalue weighted by molar-refractivity contribution is 0.590. The number of rotatable bonds is 4. The molecule has 3 rings (SSSR count). The van der Waals surface area contributed by atoms with E-state index in [4.69, 9.17) is 0 Å². The van der Waals surface area contributed by atoms with E-state index in [1.807, 2.05) is 13.8 Å². The predicted octanol–water partition coefficient (Wildman–Crippen LogP) is 8.91. The first kappa shape index (κ1) is 22.7. The molecule has 0 spiro atoms. The van der Waals surface area contributed by atoms with Crippen molar-refractivity contribution < 1.29 is 0 Å². The Morgan fingerprint density at radius 2 is 1.00 bits per heavy atom. The smallest absolute Gasteiger partial charge is 0.0461 e. The van der Waals surface area contributed by atoms with Crippen molar-refractivity contribution in [3.05, 3.63) is 89.5 Å². The highest BCUT2D eigenvalue weighted by atomic mass is 15.1. The summed E-state index contributed by atoms with van der Waals surface area (Å²) in [7, 11) is 0. The molecule has 0 aliphatic heterocycles. The molecule has 0 saturated carbocycles. The Bertz CT molecular complexity index is 864. The molecule has 154 valence electrons. The lowest BCUT2D eigenvalue weighted by Gasteiger charge is -2.27. The van der Waals surface area contributed by atoms with Gasteiger partial charge in [-0.05, 0) is 65.8 Å². The van der Waals surface area contributed by atoms with Crippen LogP contribution in [0.25, 0.3) is 0 Å². The zero-order valence-corrected chi connectivity index (χ0v) is 19.5. The van der Waals surface area contributed by atoms with E-state index in [-0.39, 0.29) is 5.41 Å². The van der Waals surface area contributed by atoms with Crippen LogP contribution in [0.1, 0.15) is 71.1 Å². The van der Waals surface area contributed by atoms with Crippen LogP contribution in [0.3, 0.4) is 0 Å². The Kier molecular flexibility index (Phi) is 7.67. The molecule has 0 atom stereocenters. The van der Waals surface area contributed by atoms with Gasteiger partial charge in [0.1, 0.15) is 0 Å². The van der Waals surface area contributed by atoms with Gasteiger partial charge in [-0.1, -0.05) is 90.4 Å². The van der Waals surface area contributed by atoms with Gasteiger partial charge in [-0.2, -0.15) is 0 Å². The zero-order chi connectivity index (χ0) is 21.6. The molecule has 3 aromatic carbocycles. The average molecular weight is 388 g/mol. The van der Waals surface area contributed by atoms with E-state index in [9.17, 15) is 0 Å². The minimum absolute atomic E-state index is 0.159. The van der Waals surface area contributed by atoms with Gasteiger partial charge in [-0.25, -0.2) is 0 Å². The average Bonchev–Trinajstić information content (AvgIpc) is 2.71. The Labute approximate surface area is 178 Å². The lowest BCUT2D eigenvalue weighted by atomic mass is 9.87. The second-order valence-corrected chi connectivity index (χ2v) is 8.71. The van der Waals surface area contributed by atoms with Crippen LogP contribution >= 0.6 is 0 Å². The van der Waals surface area contributed by atoms with Crippen molar-refractivity contribution in [2.45, 2.75) is 66.7 Å². The van der Waals surface area contributed by atoms with Crippen LogP contribution in [0.2, 0.25) is 0 Å². The summed E-state index contributed by atoms with van der Waals surface area (Å²) in [6, 6.07) is 26.6. The van der Waals surface area contributed by atoms with Gasteiger partial charge >= 0.3 is 0 Å². The number of anilines is 3. The Hall–Kier alpha value is -2.54. The SMILES string of the molecule is CC.Cc1ccc(N(c2ccc(C(C)C)cc2)c2ccc(C(C)(C)C)cc2)cc1. The van der Waals surface area contributed by atoms with Gasteiger partial charge in [-0.3, -0.25) is 0 Å². The van der Waals surface area contributed by atoms with Crippen molar-refractivity contribution in [2.75, 3.05) is 4.90 Å². The van der Waals surface area contributed by atoms with Gasteiger partial charge in [-0.15, -0.1) is 0 Å². The highest BCUT2D eigenvalue weighted by Crippen LogP contribution is 2.36. The molecule has 3 aromatic rings. The Morgan fingerprint density at radius 1 is 0.621 bits per heavy atom. The van der Waals surface area contributed by atoms with E-state index in [1.165, 1.54) is 33.8 Å². The molecule has 1 heteroatoms. The van der Waals surface area contributed by atoms with Gasteiger partial charge in [0.25, 0.3) is 0 Å². The van der Waals surface area contributed by atoms with Gasteiger partial charge < -0.3 is 4.90 Å². The fraction of sp³-hybridized carbons (Fsp3) is 0.357. The highest BCUT2D eigenvalue weighted by molar-refractivity contribution is 5.76. The summed E-state index contributed by atoms with van der Waals surface area (Å²) in [4.78, 5) is 2.33. The normalized spacial score (nSPS) is 11.1. The number of hydrogen-bond donors (Lipinski definition) is 0. The summed E-state index contributed by atoms with van der Waals surface area (Å²) in [6.45, 7) is 17.4. The minimum Gasteiger partial charge on any atom is -0.311 e. The van der Waals surface area contributed by atoms with Crippen molar-refractivity contribution in [1.29, 1.82) is 0 Å². The fourth-order valence-electron chi connectivity index (χ4n) is 3.26. The standard InChI is InChI=1S/C26H31N.C2H6/c1-19(2)21-9-15-24(16-10-21)27(23-13-7-20(3)8-14-23)25-17-11-22(12-18-25)26(4,5)6;1-2/h7-19H,1-6H3;1-2H3. The number of aryl methyl sites for hydroxylation is 1. The highest BCUT2D eigenvalue weighted by Gasteiger charge is 2.16. The number of hydrogen-bond acceptors (Lipinski definition) is 1. The van der Waals surface area contributed by atoms with E-state index in [1.54, 1.807) is 0 Å². The summed E-state index contributed by atoms with van der Waals surface area (Å²) in [5, 5.41) is 0. The van der Waals surface area contributed by atoms with Gasteiger partial charge in [0.15, 0.2) is 0 Å². The van der Waals surface area contributed by atoms with Gasteiger partial charge in [0, 0.05) is 17.1 Å². The second kappa shape index (κ2) is 9.78. The number of nitrogens with zero attached hydrogens (tertiary/aromatic N) is 1. The molecule has 0 radical (unpaired) electrons. The molecule has 29 heavy (non-hydrogen) atoms. The van der Waals surface area contributed by atoms with Crippen LogP contribution < -0.4 is 4.90 Å². The van der Waals surface area contributed by atoms with Crippen LogP contribution in [-0.2, 0) is 5.41 Å². The van der Waals surface area contributed by atoms with E-state index < -0.39 is 0 Å². The van der Waals surface area contributed by atoms with Crippen LogP contribution in [0.4, 0.5) is 17.1 Å². The Morgan fingerprint density at radius 3 is 1.38 bits per heavy atom. The third-order valence-corrected chi connectivity index (χ3v) is 5.10. The van der Waals surface area contributed by atoms with Crippen LogP contribution in [-0.4, -0.2) is 0 Å². The molecule has 0 heterocycles. The molecule has 0 amide bonds. The predicted molar refractivity (Wildman–Crippen MR) is 130 cm³/mol. The van der Waals surface area contributed by atoms with E-state index >= 15 is 0 Å². The van der Waals surface area contributed by atoms with Gasteiger partial charge in [0.05, 0.1) is 0 Å². The maximum absolute atomic E-state index is 2.33. The third kappa shape index (κ3) is 5.73. The fourth-order valence-corrected chi connectivity index (χ4v) is 3.26. The maximum Gasteiger partial charge on any atom is 0.0461 e. The van der Waals surface area contributed by atoms with Crippen LogP contribution in [0, 0.1) is 6.92 Å². The molecular weight excluding hydrogens is 350 g/mol. The summed E-state index contributed by atoms with van der Waals surface area (Å²) >= 11 is 0. The first-order valence-corrected chi connectivity index (χ1v) is 10.8. The second-order valence-electron chi connectivity index (χ2n) is 8.71. The summed E-state index contributed by atoms with van der Waals surface area (Å²) in [5.41, 5.74) is 7.71. The van der Waals surface area contributed by atoms with Crippen LogP contribution in [0.15, 0.2) is 72.8 Å². The van der Waals surface area contributed by atoms with E-state index in [0.29, 0.717) is 5.92 Å². The summed E-state index contributed by atoms with van der Waals surface area (Å²) < 4.78 is 0. The van der Waals surface area contributed by atoms with Crippen molar-refractivity contribution in [1.82, 2.24) is 0 Å². The molecular formula is C28H37N. The van der Waals surface area contributed by atoms with Crippen molar-refractivity contribution in [3.63, 3.8) is 0 Å². The van der Waals surface area contributed by atoms with E-state index in [0.717, 1.165) is 0 Å². The first-order chi connectivity index (χ1) is 13.8. The van der Waals surface area contributed by atoms with Crippen molar-refractivity contribution >= 4 is 17.1 Å². The van der Waals surface area contributed by atoms with Gasteiger partial charge in [0.2, 0.25) is 0 Å². The molecule has 0 fully saturated rings. The third-order valence-electron chi connectivity index (χ3n) is 5.10. The molecule has 0 bridgehead atoms. The first-order valence-electron chi connectivity index (χ1n) is 10.8. The molecule has 0 aliphatic rings.